The summed E-state index contributed by atoms with van der Waals surface area (Å²) in [5.41, 5.74) is 2.73. The van der Waals surface area contributed by atoms with E-state index in [-0.39, 0.29) is 24.2 Å². The van der Waals surface area contributed by atoms with Crippen LogP contribution in [0.15, 0.2) is 36.5 Å². The van der Waals surface area contributed by atoms with Gasteiger partial charge in [0.15, 0.2) is 0 Å². The summed E-state index contributed by atoms with van der Waals surface area (Å²) in [6.07, 6.45) is 3.77. The number of aromatic nitrogens is 1. The molecule has 1 aliphatic heterocycles. The van der Waals surface area contributed by atoms with Crippen molar-refractivity contribution < 1.29 is 14.3 Å². The van der Waals surface area contributed by atoms with Gasteiger partial charge in [-0.3, -0.25) is 0 Å². The van der Waals surface area contributed by atoms with Gasteiger partial charge in [-0.15, -0.1) is 0 Å². The Hall–Kier alpha value is -2.60. The molecule has 0 amide bonds. The molecule has 0 aliphatic carbocycles. The predicted octanol–water partition coefficient (Wildman–Crippen LogP) is 5.06. The number of pyridine rings is 1. The van der Waals surface area contributed by atoms with Crippen molar-refractivity contribution in [2.24, 2.45) is 0 Å². The average Bonchev–Trinajstić information content (AvgIpc) is 3.20. The first-order valence-corrected chi connectivity index (χ1v) is 11.7. The summed E-state index contributed by atoms with van der Waals surface area (Å²) in [5.74, 6) is 1.33. The van der Waals surface area contributed by atoms with Crippen LogP contribution in [0, 0.1) is 6.92 Å². The van der Waals surface area contributed by atoms with Crippen LogP contribution in [0.25, 0.3) is 0 Å². The van der Waals surface area contributed by atoms with Crippen LogP contribution in [-0.2, 0) is 4.74 Å². The fourth-order valence-electron chi connectivity index (χ4n) is 4.18. The summed E-state index contributed by atoms with van der Waals surface area (Å²) in [7, 11) is 0. The van der Waals surface area contributed by atoms with Crippen LogP contribution < -0.4 is 15.0 Å². The molecule has 2 atom stereocenters. The minimum absolute atomic E-state index is 0.161. The van der Waals surface area contributed by atoms with Crippen molar-refractivity contribution in [1.82, 2.24) is 10.3 Å². The molecule has 3 rings (SSSR count). The highest BCUT2D eigenvalue weighted by Crippen LogP contribution is 2.28. The zero-order chi connectivity index (χ0) is 23.3. The highest BCUT2D eigenvalue weighted by atomic mass is 16.5. The Morgan fingerprint density at radius 2 is 1.88 bits per heavy atom. The average molecular weight is 440 g/mol. The van der Waals surface area contributed by atoms with Crippen molar-refractivity contribution in [1.29, 1.82) is 0 Å². The van der Waals surface area contributed by atoms with Gasteiger partial charge in [0.1, 0.15) is 17.1 Å². The Labute approximate surface area is 192 Å². The van der Waals surface area contributed by atoms with Crippen LogP contribution in [0.1, 0.15) is 75.0 Å². The fraction of sp³-hybridized carbons (Fsp3) is 0.538. The van der Waals surface area contributed by atoms with Crippen molar-refractivity contribution in [3.05, 3.63) is 53.2 Å². The highest BCUT2D eigenvalue weighted by molar-refractivity contribution is 5.96. The highest BCUT2D eigenvalue weighted by Gasteiger charge is 2.29. The second-order valence-electron chi connectivity index (χ2n) is 9.08. The maximum Gasteiger partial charge on any atom is 0.342 e. The predicted molar refractivity (Wildman–Crippen MR) is 129 cm³/mol. The molecule has 2 heterocycles. The van der Waals surface area contributed by atoms with Crippen molar-refractivity contribution in [3.8, 4) is 5.75 Å². The Bertz CT molecular complexity index is 896. The third-order valence-corrected chi connectivity index (χ3v) is 5.67. The second-order valence-corrected chi connectivity index (χ2v) is 9.08. The summed E-state index contributed by atoms with van der Waals surface area (Å²) < 4.78 is 11.3. The quantitative estimate of drug-likeness (QED) is 0.551. The molecule has 6 heteroatoms. The van der Waals surface area contributed by atoms with E-state index >= 15 is 0 Å². The number of nitrogens with zero attached hydrogens (tertiary/aromatic N) is 2. The lowest BCUT2D eigenvalue weighted by atomic mass is 10.0. The first-order chi connectivity index (χ1) is 15.3. The fourth-order valence-corrected chi connectivity index (χ4v) is 4.18. The summed E-state index contributed by atoms with van der Waals surface area (Å²) in [5, 5.41) is 3.81. The van der Waals surface area contributed by atoms with E-state index in [0.717, 1.165) is 43.1 Å². The lowest BCUT2D eigenvalue weighted by Crippen LogP contribution is -2.36. The molecule has 1 unspecified atom stereocenters. The summed E-state index contributed by atoms with van der Waals surface area (Å²) in [6.45, 7) is 13.6. The zero-order valence-electron chi connectivity index (χ0n) is 20.2. The molecule has 1 N–H and O–H groups in total. The number of carbonyl (C=O) groups excluding carboxylic acids is 1. The topological polar surface area (TPSA) is 63.7 Å². The summed E-state index contributed by atoms with van der Waals surface area (Å²) >= 11 is 0. The van der Waals surface area contributed by atoms with Crippen LogP contribution >= 0.6 is 0 Å². The van der Waals surface area contributed by atoms with Gasteiger partial charge < -0.3 is 19.7 Å². The molecule has 1 saturated heterocycles. The molecule has 0 spiro atoms. The Morgan fingerprint density at radius 3 is 2.50 bits per heavy atom. The lowest BCUT2D eigenvalue weighted by molar-refractivity contribution is 0.0377. The molecule has 2 aromatic rings. The van der Waals surface area contributed by atoms with Gasteiger partial charge in [-0.25, -0.2) is 9.78 Å². The zero-order valence-corrected chi connectivity index (χ0v) is 20.2. The number of carbonyl (C=O) groups is 1. The monoisotopic (exact) mass is 439 g/mol. The number of rotatable bonds is 9. The first kappa shape index (κ1) is 24.1. The van der Waals surface area contributed by atoms with Gasteiger partial charge in [-0.2, -0.15) is 0 Å². The molecule has 1 aromatic carbocycles. The van der Waals surface area contributed by atoms with Gasteiger partial charge in [0.05, 0.1) is 12.2 Å². The van der Waals surface area contributed by atoms with E-state index in [0.29, 0.717) is 11.6 Å². The molecule has 0 radical (unpaired) electrons. The second kappa shape index (κ2) is 10.8. The number of hydrogen-bond donors (Lipinski definition) is 1. The molecule has 1 aromatic heterocycles. The van der Waals surface area contributed by atoms with Crippen molar-refractivity contribution in [2.75, 3.05) is 18.0 Å². The Morgan fingerprint density at radius 1 is 1.16 bits per heavy atom. The largest absolute Gasteiger partial charge is 0.491 e. The molecular weight excluding hydrogens is 402 g/mol. The van der Waals surface area contributed by atoms with E-state index in [1.54, 1.807) is 6.20 Å². The smallest absolute Gasteiger partial charge is 0.342 e. The van der Waals surface area contributed by atoms with E-state index in [1.165, 1.54) is 5.56 Å². The minimum Gasteiger partial charge on any atom is -0.491 e. The molecule has 0 saturated carbocycles. The number of nitrogens with one attached hydrogen (secondary N) is 1. The number of esters is 1. The van der Waals surface area contributed by atoms with Gasteiger partial charge in [-0.1, -0.05) is 19.1 Å². The normalized spacial score (nSPS) is 17.1. The number of aryl methyl sites for hydroxylation is 1. The molecule has 32 heavy (non-hydrogen) atoms. The molecule has 1 aliphatic rings. The maximum absolute atomic E-state index is 12.7. The van der Waals surface area contributed by atoms with Crippen LogP contribution in [0.4, 0.5) is 5.82 Å². The third kappa shape index (κ3) is 6.00. The number of anilines is 1. The minimum atomic E-state index is -0.299. The molecule has 174 valence electrons. The lowest BCUT2D eigenvalue weighted by Gasteiger charge is -2.24. The standard InChI is InChI=1S/C26H37N3O3/c1-7-23(20-8-10-22(11-9-20)31-17(2)3)28-21-13-15-29(16-21)25-24(19(6)12-14-27-25)26(30)32-18(4)5/h8-12,14,17-18,21,23,28H,7,13,15-16H2,1-6H3/t21-,23?/m1/s1. The van der Waals surface area contributed by atoms with E-state index in [1.807, 2.05) is 52.8 Å². The number of ether oxygens (including phenoxy) is 2. The summed E-state index contributed by atoms with van der Waals surface area (Å²) in [6, 6.07) is 10.8. The van der Waals surface area contributed by atoms with Crippen LogP contribution in [0.5, 0.6) is 5.75 Å². The van der Waals surface area contributed by atoms with E-state index < -0.39 is 0 Å². The maximum atomic E-state index is 12.7. The van der Waals surface area contributed by atoms with E-state index in [2.05, 4.69) is 34.3 Å². The van der Waals surface area contributed by atoms with Crippen molar-refractivity contribution >= 4 is 11.8 Å². The molecule has 0 bridgehead atoms. The van der Waals surface area contributed by atoms with Crippen molar-refractivity contribution in [3.63, 3.8) is 0 Å². The van der Waals surface area contributed by atoms with Crippen LogP contribution in [0.3, 0.4) is 0 Å². The molecule has 1 fully saturated rings. The van der Waals surface area contributed by atoms with Crippen LogP contribution in [0.2, 0.25) is 0 Å². The van der Waals surface area contributed by atoms with Crippen molar-refractivity contribution in [2.45, 2.75) is 78.7 Å². The van der Waals surface area contributed by atoms with Gasteiger partial charge in [0.25, 0.3) is 0 Å². The number of hydrogen-bond acceptors (Lipinski definition) is 6. The molecular formula is C26H37N3O3. The first-order valence-electron chi connectivity index (χ1n) is 11.7. The van der Waals surface area contributed by atoms with Gasteiger partial charge in [0.2, 0.25) is 0 Å². The number of benzene rings is 1. The third-order valence-electron chi connectivity index (χ3n) is 5.67. The Balaban J connectivity index is 1.69. The van der Waals surface area contributed by atoms with E-state index in [4.69, 9.17) is 9.47 Å². The van der Waals surface area contributed by atoms with Gasteiger partial charge in [-0.05, 0) is 76.8 Å². The van der Waals surface area contributed by atoms with Gasteiger partial charge in [0, 0.05) is 31.4 Å². The summed E-state index contributed by atoms with van der Waals surface area (Å²) in [4.78, 5) is 19.5. The van der Waals surface area contributed by atoms with Crippen LogP contribution in [-0.4, -0.2) is 42.3 Å². The Kier molecular flexibility index (Phi) is 8.13. The van der Waals surface area contributed by atoms with E-state index in [9.17, 15) is 4.79 Å². The SMILES string of the molecule is CCC(N[C@@H]1CCN(c2nccc(C)c2C(=O)OC(C)C)C1)c1ccc(OC(C)C)cc1. The molecule has 6 nitrogen and oxygen atoms in total. The van der Waals surface area contributed by atoms with Gasteiger partial charge >= 0.3 is 5.97 Å².